The predicted octanol–water partition coefficient (Wildman–Crippen LogP) is 0.951. The van der Waals surface area contributed by atoms with Crippen LogP contribution in [0.4, 0.5) is 14.4 Å². The Morgan fingerprint density at radius 1 is 0.570 bits per heavy atom. The molecule has 632 valence electrons. The first-order chi connectivity index (χ1) is 51.7. The first kappa shape index (κ1) is 128. The molecule has 42 heteroatoms. The van der Waals surface area contributed by atoms with Crippen LogP contribution < -0.4 is 113 Å². The van der Waals surface area contributed by atoms with E-state index in [4.69, 9.17) is 94.7 Å². The van der Waals surface area contributed by atoms with Crippen molar-refractivity contribution in [2.45, 2.75) is 117 Å². The van der Waals surface area contributed by atoms with Crippen LogP contribution in [0.2, 0.25) is 0 Å². The van der Waals surface area contributed by atoms with Gasteiger partial charge in [0.1, 0.15) is 70.3 Å². The number of halogens is 1. The van der Waals surface area contributed by atoms with Crippen molar-refractivity contribution >= 4 is 56.4 Å². The minimum absolute atomic E-state index is 0. The van der Waals surface area contributed by atoms with Crippen LogP contribution in [0.15, 0.2) is 121 Å². The molecule has 0 radical (unpaired) electrons. The second kappa shape index (κ2) is 82.6. The molecule has 114 heavy (non-hydrogen) atoms. The van der Waals surface area contributed by atoms with E-state index in [0.717, 1.165) is 25.3 Å². The Morgan fingerprint density at radius 3 is 1.13 bits per heavy atom. The van der Waals surface area contributed by atoms with Gasteiger partial charge in [-0.1, -0.05) is 85.6 Å². The number of nitrogens with two attached hydrogens (primary N) is 1. The number of hydrogen-bond acceptors (Lipinski definition) is 34. The van der Waals surface area contributed by atoms with Gasteiger partial charge in [0, 0.05) is 84.4 Å². The van der Waals surface area contributed by atoms with Gasteiger partial charge in [-0.15, -0.1) is 0 Å². The van der Waals surface area contributed by atoms with E-state index in [9.17, 15) is 49.4 Å². The number of carbonyl (C=O) groups excluding carboxylic acids is 6. The van der Waals surface area contributed by atoms with Gasteiger partial charge < -0.3 is 130 Å². The number of phenols is 1. The first-order valence-electron chi connectivity index (χ1n) is 32.5. The van der Waals surface area contributed by atoms with Crippen molar-refractivity contribution in [3.8, 4) is 28.7 Å². The molecular formula is C72H113BClLiN4Na2O33. The molecule has 5 aromatic rings. The molecule has 1 amide bonds. The zero-order valence-electron chi connectivity index (χ0n) is 69.4. The third-order valence-corrected chi connectivity index (χ3v) is 10.7. The van der Waals surface area contributed by atoms with Crippen molar-refractivity contribution in [2.24, 2.45) is 5.73 Å². The van der Waals surface area contributed by atoms with Gasteiger partial charge >= 0.3 is 104 Å². The number of nitro groups is 2. The number of aromatic hydroxyl groups is 1. The van der Waals surface area contributed by atoms with Crippen LogP contribution in [-0.4, -0.2) is 214 Å². The zero-order chi connectivity index (χ0) is 85.5. The van der Waals surface area contributed by atoms with Gasteiger partial charge in [-0.25, -0.2) is 14.4 Å². The van der Waals surface area contributed by atoms with Gasteiger partial charge in [0.25, 0.3) is 6.47 Å². The molecule has 37 nitrogen and oxygen atoms in total. The number of nitrogens with zero attached hydrogens (tertiary/aromatic N) is 2. The smallest absolute Gasteiger partial charge is 0.870 e. The summed E-state index contributed by atoms with van der Waals surface area (Å²) in [6.45, 7) is 21.3. The van der Waals surface area contributed by atoms with Gasteiger partial charge in [-0.05, 0) is 140 Å². The summed E-state index contributed by atoms with van der Waals surface area (Å²) in [6.07, 6.45) is -1.54. The standard InChI is InChI=1S/C15H23NO5.C10H13NO5.C10H15NO3.C10H18O5.C9H10O3.C7H6O2.C4H9.C3H9BO3.C2H5ClO.CH3NO2.CH2O3.Li.2Na.H2O/c1-15(2,3)21-14(18)16-9-13(17)11-6-5-7-12(8-11)20-10-19-4;1-15-7-16-9-4-2-3-8(5-9)10(12)6-11(13)14;1-13-7-14-9-4-2-3-8(5-9)10(12)6-11;1-9(2,3)14-7(11)13-8(12)15-10(4,5)6;1-11-7-12-9-4-2-3-8(5-9)6-10;8-5-6-2-1-3-7(9)4-6;1-3-4-2;1-5-4(6-2)7-3;1-4-2-3;1-2(3)4;2-1-4-3;;;;/h5-8,13,17H,9-10H2,1-4H3,(H,16,18);2-5,10,12H,6-7H2,1H3;2-5,10,12H,6-7,11H2,1H3;1-6H3;2-6H,7H2,1H3;1-5,9H;1,3-4H2,2H3;1-3H3;2H2,1H3;1H3;1,3H;;;;1H2/q;;;;;;-1;;;;;3*+1;/p-2. The van der Waals surface area contributed by atoms with E-state index in [1.165, 1.54) is 54.1 Å². The van der Waals surface area contributed by atoms with Gasteiger partial charge in [-0.2, -0.15) is 6.42 Å². The second-order valence-electron chi connectivity index (χ2n) is 23.4. The Bertz CT molecular complexity index is 3140. The molecule has 0 spiro atoms. The Labute approximate surface area is 729 Å². The summed E-state index contributed by atoms with van der Waals surface area (Å²) in [5.74, 6) is 2.52. The van der Waals surface area contributed by atoms with Crippen LogP contribution in [0.1, 0.15) is 138 Å². The van der Waals surface area contributed by atoms with Crippen LogP contribution in [0, 0.1) is 27.2 Å². The summed E-state index contributed by atoms with van der Waals surface area (Å²) < 4.78 is 76.8. The molecule has 3 unspecified atom stereocenters. The number of alkyl carbamates (subject to hydrolysis) is 1. The molecule has 0 aliphatic carbocycles. The normalized spacial score (nSPS) is 10.3. The van der Waals surface area contributed by atoms with E-state index in [1.54, 1.807) is 193 Å². The van der Waals surface area contributed by atoms with Gasteiger partial charge in [0.05, 0.1) is 18.8 Å². The number of unbranched alkanes of at least 4 members (excludes halogenated alkanes) is 1. The fraction of sp³-hybridized carbons (Fsp3) is 0.486. The van der Waals surface area contributed by atoms with Gasteiger partial charge in [-0.3, -0.25) is 34.6 Å². The topological polar surface area (TPSA) is 518 Å². The van der Waals surface area contributed by atoms with Crippen molar-refractivity contribution in [3.63, 3.8) is 0 Å². The molecule has 5 aromatic carbocycles. The third kappa shape index (κ3) is 87.5. The quantitative estimate of drug-likeness (QED) is 0.00347. The van der Waals surface area contributed by atoms with Crippen molar-refractivity contribution in [2.75, 3.05) is 117 Å². The van der Waals surface area contributed by atoms with Crippen molar-refractivity contribution in [1.82, 2.24) is 5.32 Å². The second-order valence-corrected chi connectivity index (χ2v) is 23.6. The fourth-order valence-corrected chi connectivity index (χ4v) is 6.11. The molecule has 0 aliphatic heterocycles. The number of nitrogens with one attached hydrogen (secondary N) is 1. The summed E-state index contributed by atoms with van der Waals surface area (Å²) >= 11 is 4.96. The molecule has 0 heterocycles. The van der Waals surface area contributed by atoms with E-state index >= 15 is 0 Å². The largest absolute Gasteiger partial charge is 1.00 e. The molecule has 0 saturated heterocycles. The number of amides is 1. The van der Waals surface area contributed by atoms with Crippen LogP contribution in [-0.2, 0) is 66.3 Å². The third-order valence-electron chi connectivity index (χ3n) is 10.5. The Kier molecular flexibility index (Phi) is 92.7. The number of hydrogen-bond donors (Lipinski definition) is 6. The van der Waals surface area contributed by atoms with Gasteiger partial charge in [0.2, 0.25) is 6.54 Å². The molecule has 8 N–H and O–H groups in total. The number of benzene rings is 5. The van der Waals surface area contributed by atoms with Crippen molar-refractivity contribution < 1.29 is 228 Å². The molecule has 0 saturated carbocycles. The minimum Gasteiger partial charge on any atom is -0.870 e. The summed E-state index contributed by atoms with van der Waals surface area (Å²) in [5, 5.41) is 67.8. The van der Waals surface area contributed by atoms with E-state index in [0.29, 0.717) is 57.6 Å². The number of aldehydes is 2. The Balaban J connectivity index is -0.000000135. The molecule has 0 bridgehead atoms. The molecule has 5 rings (SSSR count). The average molecular weight is 1660 g/mol. The number of carbonyl (C=O) groups is 6. The maximum absolute atomic E-state index is 11.5. The van der Waals surface area contributed by atoms with E-state index in [2.05, 4.69) is 47.5 Å². The maximum atomic E-state index is 11.5. The number of methoxy groups -OCH3 is 5. The number of alkyl halides is 1. The van der Waals surface area contributed by atoms with E-state index in [-0.39, 0.29) is 136 Å². The predicted molar refractivity (Wildman–Crippen MR) is 405 cm³/mol. The zero-order valence-corrected chi connectivity index (χ0v) is 74.1. The molecule has 3 atom stereocenters. The summed E-state index contributed by atoms with van der Waals surface area (Å²) in [4.78, 5) is 83.2. The van der Waals surface area contributed by atoms with Crippen LogP contribution in [0.5, 0.6) is 28.7 Å². The number of rotatable bonds is 28. The SMILES string of the molecule is CC(C)(C)OC(=O)OC(=O)OC(C)(C)C.COB(OC)OC.COCCl.COCOc1cccc(C(O)CN)c1.COCOc1cccc(C(O)CNC(=O)OC(C)(C)C)c1.COCOc1cccc(C(O)C[N+](=O)[O-])c1.COCOc1cccc(C=O)c1.C[N+](=O)[O-].O=CO[O-].O=Cc1cccc(O)c1.[CH2-]CCC.[Li+].[Na+].[Na+].[OH-]. The molecule has 0 fully saturated rings. The fourth-order valence-electron chi connectivity index (χ4n) is 6.11. The maximum Gasteiger partial charge on any atom is 1.00 e. The van der Waals surface area contributed by atoms with E-state index in [1.807, 2.05) is 0 Å². The van der Waals surface area contributed by atoms with Crippen LogP contribution in [0.3, 0.4) is 0 Å². The van der Waals surface area contributed by atoms with Crippen molar-refractivity contribution in [3.05, 3.63) is 176 Å². The van der Waals surface area contributed by atoms with Crippen LogP contribution in [0.25, 0.3) is 0 Å². The molecule has 0 aromatic heterocycles. The summed E-state index contributed by atoms with van der Waals surface area (Å²) in [6, 6.07) is 34.0. The number of aliphatic hydroxyl groups excluding tert-OH is 3. The number of phenolic OH excluding ortho intramolecular Hbond substituents is 1. The Hall–Kier alpha value is -6.89. The monoisotopic (exact) mass is 1660 g/mol. The molecule has 0 aliphatic rings. The average Bonchev–Trinajstić information content (AvgIpc) is 0.891. The van der Waals surface area contributed by atoms with Crippen LogP contribution >= 0.6 is 11.6 Å². The van der Waals surface area contributed by atoms with Gasteiger partial charge in [0.15, 0.2) is 34.2 Å². The summed E-state index contributed by atoms with van der Waals surface area (Å²) in [7, 11) is 12.6. The molecular weight excluding hydrogens is 1550 g/mol. The number of aliphatic hydroxyl groups is 3. The van der Waals surface area contributed by atoms with E-state index < -0.39 is 77.2 Å². The first-order valence-corrected chi connectivity index (χ1v) is 33.0. The number of ether oxygens (including phenoxy) is 13. The summed E-state index contributed by atoms with van der Waals surface area (Å²) in [5.41, 5.74) is 6.32. The minimum atomic E-state index is -1.12. The Morgan fingerprint density at radius 2 is 0.877 bits per heavy atom. The van der Waals surface area contributed by atoms with Crippen molar-refractivity contribution in [1.29, 1.82) is 0 Å².